The molecule has 19 heteroatoms. The fourth-order valence-electron chi connectivity index (χ4n) is 13.8. The van der Waals surface area contributed by atoms with Crippen LogP contribution in [0.3, 0.4) is 0 Å². The fraction of sp³-hybridized carbons (Fsp3) is 0.955. The minimum atomic E-state index is -4.97. The molecule has 5 atom stereocenters. The zero-order chi connectivity index (χ0) is 78.3. The van der Waals surface area contributed by atoms with Crippen LogP contribution in [0.15, 0.2) is 0 Å². The van der Waals surface area contributed by atoms with Crippen molar-refractivity contribution in [3.05, 3.63) is 0 Å². The molecule has 0 rings (SSSR count). The lowest BCUT2D eigenvalue weighted by atomic mass is 10.0. The van der Waals surface area contributed by atoms with Crippen molar-refractivity contribution in [2.24, 2.45) is 5.92 Å². The molecule has 17 nitrogen and oxygen atoms in total. The first-order chi connectivity index (χ1) is 52.0. The quantitative estimate of drug-likeness (QED) is 0.0222. The number of rotatable bonds is 88. The zero-order valence-electron chi connectivity index (χ0n) is 70.3. The summed E-state index contributed by atoms with van der Waals surface area (Å²) in [6, 6.07) is 0. The van der Waals surface area contributed by atoms with E-state index in [2.05, 4.69) is 34.6 Å². The van der Waals surface area contributed by atoms with E-state index in [9.17, 15) is 43.2 Å². The summed E-state index contributed by atoms with van der Waals surface area (Å²) in [7, 11) is -9.93. The maximum Gasteiger partial charge on any atom is 0.472 e. The number of hydrogen-bond acceptors (Lipinski definition) is 15. The molecular weight excluding hydrogens is 1390 g/mol. The van der Waals surface area contributed by atoms with E-state index >= 15 is 0 Å². The summed E-state index contributed by atoms with van der Waals surface area (Å²) in [6.45, 7) is 7.39. The Labute approximate surface area is 658 Å². The number of phosphoric acid groups is 2. The van der Waals surface area contributed by atoms with Crippen molar-refractivity contribution >= 4 is 39.5 Å². The summed E-state index contributed by atoms with van der Waals surface area (Å²) in [6.07, 6.45) is 75.1. The largest absolute Gasteiger partial charge is 0.472 e. The maximum absolute atomic E-state index is 13.2. The number of hydrogen-bond donors (Lipinski definition) is 3. The Morgan fingerprint density at radius 1 is 0.252 bits per heavy atom. The molecule has 107 heavy (non-hydrogen) atoms. The van der Waals surface area contributed by atoms with E-state index in [0.717, 1.165) is 95.8 Å². The average molecular weight is 1560 g/mol. The predicted octanol–water partition coefficient (Wildman–Crippen LogP) is 27.2. The third kappa shape index (κ3) is 81.9. The van der Waals surface area contributed by atoms with Gasteiger partial charge in [-0.05, 0) is 31.6 Å². The van der Waals surface area contributed by atoms with Gasteiger partial charge in [-0.15, -0.1) is 0 Å². The van der Waals surface area contributed by atoms with Gasteiger partial charge in [0.15, 0.2) is 12.2 Å². The van der Waals surface area contributed by atoms with E-state index in [1.54, 1.807) is 0 Å². The molecule has 0 heterocycles. The third-order valence-electron chi connectivity index (χ3n) is 20.8. The van der Waals surface area contributed by atoms with E-state index in [4.69, 9.17) is 37.0 Å². The van der Waals surface area contributed by atoms with Crippen LogP contribution in [-0.2, 0) is 65.4 Å². The van der Waals surface area contributed by atoms with E-state index in [0.29, 0.717) is 25.7 Å². The molecular formula is C88H172O17P2. The van der Waals surface area contributed by atoms with Gasteiger partial charge >= 0.3 is 39.5 Å². The lowest BCUT2D eigenvalue weighted by Crippen LogP contribution is -2.30. The predicted molar refractivity (Wildman–Crippen MR) is 442 cm³/mol. The minimum absolute atomic E-state index is 0.108. The Morgan fingerprint density at radius 3 is 0.636 bits per heavy atom. The summed E-state index contributed by atoms with van der Waals surface area (Å²) in [5, 5.41) is 10.7. The molecule has 636 valence electrons. The molecule has 3 N–H and O–H groups in total. The number of unbranched alkanes of at least 4 members (excludes halogenated alkanes) is 60. The first-order valence-electron chi connectivity index (χ1n) is 45.6. The van der Waals surface area contributed by atoms with Crippen LogP contribution >= 0.6 is 15.6 Å². The molecule has 0 aromatic heterocycles. The highest BCUT2D eigenvalue weighted by molar-refractivity contribution is 7.47. The molecule has 0 saturated carbocycles. The number of aliphatic hydroxyl groups is 1. The second-order valence-electron chi connectivity index (χ2n) is 32.1. The van der Waals surface area contributed by atoms with E-state index in [1.165, 1.54) is 302 Å². The minimum Gasteiger partial charge on any atom is -0.462 e. The molecule has 0 bridgehead atoms. The Morgan fingerprint density at radius 2 is 0.430 bits per heavy atom. The van der Waals surface area contributed by atoms with E-state index in [-0.39, 0.29) is 25.7 Å². The Bertz CT molecular complexity index is 2030. The lowest BCUT2D eigenvalue weighted by Gasteiger charge is -2.21. The van der Waals surface area contributed by atoms with Crippen LogP contribution in [0, 0.1) is 5.92 Å². The Hall–Kier alpha value is -1.94. The molecule has 0 aromatic rings. The van der Waals surface area contributed by atoms with Gasteiger partial charge in [0, 0.05) is 25.7 Å². The van der Waals surface area contributed by atoms with Crippen molar-refractivity contribution in [2.45, 2.75) is 496 Å². The van der Waals surface area contributed by atoms with Gasteiger partial charge in [-0.1, -0.05) is 426 Å². The zero-order valence-corrected chi connectivity index (χ0v) is 72.1. The number of esters is 4. The normalized spacial score (nSPS) is 13.7. The number of phosphoric ester groups is 2. The van der Waals surface area contributed by atoms with Crippen LogP contribution in [0.1, 0.15) is 478 Å². The van der Waals surface area contributed by atoms with Crippen LogP contribution in [-0.4, -0.2) is 96.7 Å². The topological polar surface area (TPSA) is 237 Å². The molecule has 0 aliphatic rings. The van der Waals surface area contributed by atoms with Gasteiger partial charge < -0.3 is 33.8 Å². The summed E-state index contributed by atoms with van der Waals surface area (Å²) in [5.41, 5.74) is 0. The summed E-state index contributed by atoms with van der Waals surface area (Å²) in [4.78, 5) is 73.3. The van der Waals surface area contributed by atoms with Crippen LogP contribution in [0.5, 0.6) is 0 Å². The molecule has 0 fully saturated rings. The first kappa shape index (κ1) is 105. The maximum atomic E-state index is 13.2. The molecule has 0 aliphatic carbocycles. The molecule has 0 aliphatic heterocycles. The van der Waals surface area contributed by atoms with Crippen molar-refractivity contribution in [2.75, 3.05) is 39.6 Å². The molecule has 2 unspecified atom stereocenters. The molecule has 0 radical (unpaired) electrons. The van der Waals surface area contributed by atoms with Crippen LogP contribution in [0.2, 0.25) is 0 Å². The summed E-state index contributed by atoms with van der Waals surface area (Å²) >= 11 is 0. The highest BCUT2D eigenvalue weighted by Gasteiger charge is 2.30. The number of carbonyl (C=O) groups excluding carboxylic acids is 4. The van der Waals surface area contributed by atoms with Crippen LogP contribution in [0.25, 0.3) is 0 Å². The van der Waals surface area contributed by atoms with Crippen molar-refractivity contribution in [3.63, 3.8) is 0 Å². The molecule has 0 aromatic carbocycles. The molecule has 0 saturated heterocycles. The summed E-state index contributed by atoms with van der Waals surface area (Å²) < 4.78 is 68.9. The monoisotopic (exact) mass is 1560 g/mol. The van der Waals surface area contributed by atoms with E-state index < -0.39 is 97.5 Å². The highest BCUT2D eigenvalue weighted by atomic mass is 31.2. The van der Waals surface area contributed by atoms with Crippen LogP contribution < -0.4 is 0 Å². The van der Waals surface area contributed by atoms with Gasteiger partial charge in [0.05, 0.1) is 26.4 Å². The number of aliphatic hydroxyl groups excluding tert-OH is 1. The van der Waals surface area contributed by atoms with Gasteiger partial charge in [0.25, 0.3) is 0 Å². The number of ether oxygens (including phenoxy) is 4. The SMILES string of the molecule is CCCCCCCCCCCCCCCCCCCCCCCCC(=O)O[C@H](COC(=O)CCCCCCCCCCCCCCCCCCCC)COP(=O)(O)OC[C@@H](O)COP(=O)(O)OC[C@@H](COC(=O)CCCCCCCCCCCC)OC(=O)CCCCCCCCCCCCCCCCC(C)C. The van der Waals surface area contributed by atoms with Gasteiger partial charge in [-0.2, -0.15) is 0 Å². The van der Waals surface area contributed by atoms with Gasteiger partial charge in [0.1, 0.15) is 19.3 Å². The standard InChI is InChI=1S/C88H172O17P2/c1-6-9-12-15-18-21-24-26-28-30-32-33-34-35-37-39-44-48-53-58-63-68-73-87(92)105-84(78-99-86(91)72-67-62-57-52-47-43-38-36-31-29-27-25-22-19-16-13-10-7-2)80-103-107(96,97)101-76-82(89)75-100-106(94,95)102-79-83(77-98-85(90)71-66-61-56-51-23-20-17-14-11-8-3)104-88(93)74-69-64-59-54-49-45-41-40-42-46-50-55-60-65-70-81(4)5/h81-84,89H,6-80H2,1-5H3,(H,94,95)(H,96,97)/t82-,83+,84+/m0/s1. The van der Waals surface area contributed by atoms with Gasteiger partial charge in [-0.25, -0.2) is 9.13 Å². The van der Waals surface area contributed by atoms with Crippen molar-refractivity contribution in [3.8, 4) is 0 Å². The second-order valence-corrected chi connectivity index (χ2v) is 35.0. The fourth-order valence-corrected chi connectivity index (χ4v) is 15.4. The van der Waals surface area contributed by atoms with Crippen LogP contribution in [0.4, 0.5) is 0 Å². The molecule has 0 spiro atoms. The van der Waals surface area contributed by atoms with Gasteiger partial charge in [-0.3, -0.25) is 37.3 Å². The van der Waals surface area contributed by atoms with Gasteiger partial charge in [0.2, 0.25) is 0 Å². The van der Waals surface area contributed by atoms with Crippen molar-refractivity contribution in [1.29, 1.82) is 0 Å². The van der Waals surface area contributed by atoms with E-state index in [1.807, 2.05) is 0 Å². The summed E-state index contributed by atoms with van der Waals surface area (Å²) in [5.74, 6) is -1.30. The Balaban J connectivity index is 5.21. The smallest absolute Gasteiger partial charge is 0.462 e. The lowest BCUT2D eigenvalue weighted by molar-refractivity contribution is -0.161. The second kappa shape index (κ2) is 80.7. The average Bonchev–Trinajstić information content (AvgIpc) is 0.898. The third-order valence-corrected chi connectivity index (χ3v) is 22.7. The number of carbonyl (C=O) groups is 4. The highest BCUT2D eigenvalue weighted by Crippen LogP contribution is 2.45. The Kier molecular flexibility index (Phi) is 79.2. The molecule has 0 amide bonds. The van der Waals surface area contributed by atoms with Crippen molar-refractivity contribution < 1.29 is 80.2 Å². The first-order valence-corrected chi connectivity index (χ1v) is 48.6. The van der Waals surface area contributed by atoms with Crippen molar-refractivity contribution in [1.82, 2.24) is 0 Å².